The minimum absolute atomic E-state index is 0.217. The second-order valence-corrected chi connectivity index (χ2v) is 6.80. The predicted molar refractivity (Wildman–Crippen MR) is 93.6 cm³/mol. The molecule has 0 bridgehead atoms. The summed E-state index contributed by atoms with van der Waals surface area (Å²) in [5.74, 6) is -1.97. The molecule has 0 aromatic rings. The van der Waals surface area contributed by atoms with Gasteiger partial charge in [0.15, 0.2) is 0 Å². The Morgan fingerprint density at radius 2 is 1.75 bits per heavy atom. The van der Waals surface area contributed by atoms with Crippen LogP contribution in [-0.2, 0) is 14.4 Å². The Kier molecular flexibility index (Phi) is 10.7. The summed E-state index contributed by atoms with van der Waals surface area (Å²) in [4.78, 5) is 35.7. The van der Waals surface area contributed by atoms with E-state index in [1.165, 1.54) is 18.7 Å². The van der Waals surface area contributed by atoms with Crippen LogP contribution in [0.3, 0.4) is 0 Å². The van der Waals surface area contributed by atoms with E-state index in [2.05, 4.69) is 10.6 Å². The summed E-state index contributed by atoms with van der Waals surface area (Å²) in [5.41, 5.74) is 5.57. The molecule has 0 heterocycles. The monoisotopic (exact) mass is 363 g/mol. The minimum atomic E-state index is -1.16. The Morgan fingerprint density at radius 1 is 1.17 bits per heavy atom. The number of carbonyl (C=O) groups excluding carboxylic acids is 2. The molecule has 0 unspecified atom stereocenters. The first-order valence-electron chi connectivity index (χ1n) is 7.91. The Balaban J connectivity index is 5.06. The molecule has 2 amide bonds. The van der Waals surface area contributed by atoms with Crippen LogP contribution in [0.1, 0.15) is 33.6 Å². The Labute approximate surface area is 146 Å². The van der Waals surface area contributed by atoms with Gasteiger partial charge in [-0.15, -0.1) is 0 Å². The average molecular weight is 363 g/mol. The van der Waals surface area contributed by atoms with Crippen LogP contribution in [0.5, 0.6) is 0 Å². The third-order valence-electron chi connectivity index (χ3n) is 3.84. The highest BCUT2D eigenvalue weighted by Crippen LogP contribution is 2.10. The van der Waals surface area contributed by atoms with E-state index in [1.807, 2.05) is 13.2 Å². The number of thioether (sulfide) groups is 1. The van der Waals surface area contributed by atoms with Crippen molar-refractivity contribution in [3.8, 4) is 0 Å². The molecule has 24 heavy (non-hydrogen) atoms. The highest BCUT2D eigenvalue weighted by Gasteiger charge is 2.31. The molecule has 0 fully saturated rings. The van der Waals surface area contributed by atoms with E-state index in [0.29, 0.717) is 12.2 Å². The number of carboxylic acid groups (broad SMARTS) is 1. The predicted octanol–water partition coefficient (Wildman–Crippen LogP) is -0.452. The van der Waals surface area contributed by atoms with Gasteiger partial charge in [0.25, 0.3) is 0 Å². The number of aliphatic hydroxyl groups excluding tert-OH is 1. The average Bonchev–Trinajstić information content (AvgIpc) is 2.53. The quantitative estimate of drug-likeness (QED) is 0.334. The van der Waals surface area contributed by atoms with Crippen molar-refractivity contribution in [3.05, 3.63) is 0 Å². The van der Waals surface area contributed by atoms with Crippen LogP contribution in [0.2, 0.25) is 0 Å². The van der Waals surface area contributed by atoms with E-state index in [9.17, 15) is 24.6 Å². The van der Waals surface area contributed by atoms with Crippen molar-refractivity contribution in [2.45, 2.75) is 57.8 Å². The molecule has 0 radical (unpaired) electrons. The lowest BCUT2D eigenvalue weighted by atomic mass is 9.97. The van der Waals surface area contributed by atoms with Crippen molar-refractivity contribution in [1.82, 2.24) is 10.6 Å². The molecule has 0 saturated heterocycles. The fourth-order valence-electron chi connectivity index (χ4n) is 1.93. The molecule has 8 nitrogen and oxygen atoms in total. The maximum Gasteiger partial charge on any atom is 0.326 e. The zero-order valence-electron chi connectivity index (χ0n) is 14.6. The SMILES string of the molecule is CC[C@H](C)[C@H](NC(=O)[C@@H](N)[C@@H](C)O)C(=O)N[C@@H](CCSC)C(=O)O. The second-order valence-electron chi connectivity index (χ2n) is 5.82. The number of amides is 2. The van der Waals surface area contributed by atoms with Crippen molar-refractivity contribution < 1.29 is 24.6 Å². The fraction of sp³-hybridized carbons (Fsp3) is 0.800. The number of hydrogen-bond acceptors (Lipinski definition) is 6. The number of rotatable bonds is 11. The number of carbonyl (C=O) groups is 3. The van der Waals surface area contributed by atoms with Crippen LogP contribution < -0.4 is 16.4 Å². The summed E-state index contributed by atoms with van der Waals surface area (Å²) in [7, 11) is 0. The first kappa shape index (κ1) is 22.7. The van der Waals surface area contributed by atoms with Crippen LogP contribution in [0.4, 0.5) is 0 Å². The van der Waals surface area contributed by atoms with E-state index in [0.717, 1.165) is 0 Å². The molecule has 0 aliphatic heterocycles. The number of aliphatic carboxylic acids is 1. The van der Waals surface area contributed by atoms with Gasteiger partial charge in [-0.25, -0.2) is 4.79 Å². The van der Waals surface area contributed by atoms with Crippen LogP contribution in [0.25, 0.3) is 0 Å². The number of carboxylic acids is 1. The molecule has 0 spiro atoms. The molecule has 9 heteroatoms. The number of nitrogens with two attached hydrogens (primary N) is 1. The zero-order chi connectivity index (χ0) is 18.9. The Hall–Kier alpha value is -1.32. The van der Waals surface area contributed by atoms with Crippen molar-refractivity contribution in [2.75, 3.05) is 12.0 Å². The van der Waals surface area contributed by atoms with Crippen LogP contribution in [-0.4, -0.2) is 64.2 Å². The summed E-state index contributed by atoms with van der Waals surface area (Å²) >= 11 is 1.48. The molecule has 0 aliphatic carbocycles. The number of hydrogen-bond donors (Lipinski definition) is 5. The summed E-state index contributed by atoms with van der Waals surface area (Å²) in [6, 6.07) is -3.08. The molecule has 0 rings (SSSR count). The van der Waals surface area contributed by atoms with Crippen molar-refractivity contribution in [2.24, 2.45) is 11.7 Å². The lowest BCUT2D eigenvalue weighted by molar-refractivity contribution is -0.142. The third-order valence-corrected chi connectivity index (χ3v) is 4.48. The van der Waals surface area contributed by atoms with Crippen LogP contribution in [0.15, 0.2) is 0 Å². The molecular formula is C15H29N3O5S. The second kappa shape index (κ2) is 11.3. The minimum Gasteiger partial charge on any atom is -0.480 e. The first-order chi connectivity index (χ1) is 11.1. The lowest BCUT2D eigenvalue weighted by Gasteiger charge is -2.27. The van der Waals surface area contributed by atoms with Gasteiger partial charge in [0.05, 0.1) is 6.10 Å². The van der Waals surface area contributed by atoms with Crippen LogP contribution in [0, 0.1) is 5.92 Å². The molecule has 5 atom stereocenters. The lowest BCUT2D eigenvalue weighted by Crippen LogP contribution is -2.58. The molecular weight excluding hydrogens is 334 g/mol. The summed E-state index contributed by atoms with van der Waals surface area (Å²) in [6.45, 7) is 5.01. The normalized spacial score (nSPS) is 17.2. The summed E-state index contributed by atoms with van der Waals surface area (Å²) in [6.07, 6.45) is 1.68. The molecule has 6 N–H and O–H groups in total. The van der Waals surface area contributed by atoms with Gasteiger partial charge in [-0.3, -0.25) is 9.59 Å². The number of nitrogens with one attached hydrogen (secondary N) is 2. The maximum absolute atomic E-state index is 12.5. The van der Waals surface area contributed by atoms with E-state index >= 15 is 0 Å². The third kappa shape index (κ3) is 7.50. The topological polar surface area (TPSA) is 142 Å². The van der Waals surface area contributed by atoms with E-state index in [1.54, 1.807) is 6.92 Å². The van der Waals surface area contributed by atoms with Gasteiger partial charge in [-0.1, -0.05) is 20.3 Å². The highest BCUT2D eigenvalue weighted by molar-refractivity contribution is 7.98. The standard InChI is InChI=1S/C15H29N3O5S/c1-5-8(2)12(18-13(20)11(16)9(3)19)14(21)17-10(15(22)23)6-7-24-4/h8-12,19H,5-7,16H2,1-4H3,(H,17,21)(H,18,20)(H,22,23)/t8-,9+,10-,11-,12-/m0/s1. The molecule has 0 aromatic heterocycles. The van der Waals surface area contributed by atoms with Gasteiger partial charge in [0, 0.05) is 0 Å². The molecule has 140 valence electrons. The van der Waals surface area contributed by atoms with E-state index in [-0.39, 0.29) is 12.3 Å². The first-order valence-corrected chi connectivity index (χ1v) is 9.31. The molecule has 0 aliphatic rings. The van der Waals surface area contributed by atoms with Crippen molar-refractivity contribution in [1.29, 1.82) is 0 Å². The zero-order valence-corrected chi connectivity index (χ0v) is 15.4. The van der Waals surface area contributed by atoms with Crippen molar-refractivity contribution in [3.63, 3.8) is 0 Å². The van der Waals surface area contributed by atoms with Gasteiger partial charge in [-0.2, -0.15) is 11.8 Å². The smallest absolute Gasteiger partial charge is 0.326 e. The maximum atomic E-state index is 12.5. The van der Waals surface area contributed by atoms with Crippen molar-refractivity contribution >= 4 is 29.5 Å². The van der Waals surface area contributed by atoms with Gasteiger partial charge in [-0.05, 0) is 31.3 Å². The summed E-state index contributed by atoms with van der Waals surface area (Å²) in [5, 5.41) is 23.6. The highest BCUT2D eigenvalue weighted by atomic mass is 32.2. The molecule has 0 aromatic carbocycles. The van der Waals surface area contributed by atoms with Crippen LogP contribution >= 0.6 is 11.8 Å². The molecule has 0 saturated carbocycles. The van der Waals surface area contributed by atoms with E-state index in [4.69, 9.17) is 5.73 Å². The Morgan fingerprint density at radius 3 is 2.17 bits per heavy atom. The van der Waals surface area contributed by atoms with Gasteiger partial charge in [0.2, 0.25) is 11.8 Å². The van der Waals surface area contributed by atoms with Gasteiger partial charge in [0.1, 0.15) is 18.1 Å². The fourth-order valence-corrected chi connectivity index (χ4v) is 2.40. The largest absolute Gasteiger partial charge is 0.480 e. The number of aliphatic hydroxyl groups is 1. The van der Waals surface area contributed by atoms with Gasteiger partial charge < -0.3 is 26.6 Å². The van der Waals surface area contributed by atoms with E-state index < -0.39 is 42.0 Å². The summed E-state index contributed by atoms with van der Waals surface area (Å²) < 4.78 is 0. The van der Waals surface area contributed by atoms with Gasteiger partial charge >= 0.3 is 5.97 Å². The Bertz CT molecular complexity index is 433.